The monoisotopic (exact) mass is 423 g/mol. The molecule has 1 atom stereocenters. The average molecular weight is 424 g/mol. The van der Waals surface area contributed by atoms with Gasteiger partial charge in [-0.05, 0) is 54.9 Å². The molecule has 30 heavy (non-hydrogen) atoms. The summed E-state index contributed by atoms with van der Waals surface area (Å²) in [5, 5.41) is 9.09. The molecule has 0 saturated heterocycles. The van der Waals surface area contributed by atoms with Crippen LogP contribution in [-0.4, -0.2) is 40.3 Å². The Bertz CT molecular complexity index is 1220. The van der Waals surface area contributed by atoms with Crippen LogP contribution >= 0.6 is 11.3 Å². The molecule has 7 nitrogen and oxygen atoms in total. The first-order valence-corrected chi connectivity index (χ1v) is 11.1. The number of rotatable bonds is 6. The number of benzene rings is 1. The predicted molar refractivity (Wildman–Crippen MR) is 119 cm³/mol. The molecule has 1 aliphatic carbocycles. The van der Waals surface area contributed by atoms with E-state index in [1.807, 2.05) is 28.0 Å². The number of hydrogen-bond donors (Lipinski definition) is 1. The number of ether oxygens (including phenoxy) is 2. The van der Waals surface area contributed by atoms with Crippen molar-refractivity contribution in [3.8, 4) is 11.5 Å². The van der Waals surface area contributed by atoms with Crippen molar-refractivity contribution < 1.29 is 9.47 Å². The number of nitrogens with zero attached hydrogens (tertiary/aromatic N) is 4. The van der Waals surface area contributed by atoms with Gasteiger partial charge in [0.1, 0.15) is 11.2 Å². The first-order chi connectivity index (χ1) is 14.7. The van der Waals surface area contributed by atoms with Crippen molar-refractivity contribution in [2.24, 2.45) is 0 Å². The largest absolute Gasteiger partial charge is 0.493 e. The fraction of sp³-hybridized carbons (Fsp3) is 0.409. The lowest BCUT2D eigenvalue weighted by Gasteiger charge is -2.18. The van der Waals surface area contributed by atoms with Gasteiger partial charge < -0.3 is 14.8 Å². The van der Waals surface area contributed by atoms with Gasteiger partial charge >= 0.3 is 0 Å². The lowest BCUT2D eigenvalue weighted by molar-refractivity contribution is 0.354. The Morgan fingerprint density at radius 3 is 2.93 bits per heavy atom. The molecule has 3 aromatic heterocycles. The van der Waals surface area contributed by atoms with Gasteiger partial charge in [0.15, 0.2) is 17.1 Å². The van der Waals surface area contributed by atoms with Crippen LogP contribution in [0.5, 0.6) is 11.5 Å². The highest BCUT2D eigenvalue weighted by atomic mass is 32.1. The van der Waals surface area contributed by atoms with Crippen molar-refractivity contribution in [1.29, 1.82) is 0 Å². The highest BCUT2D eigenvalue weighted by molar-refractivity contribution is 7.19. The van der Waals surface area contributed by atoms with Gasteiger partial charge in [-0.1, -0.05) is 13.0 Å². The number of aryl methyl sites for hydroxylation is 1. The number of hydrogen-bond acceptors (Lipinski definition) is 7. The molecule has 156 valence electrons. The number of nitrogens with one attached hydrogen (secondary N) is 1. The fourth-order valence-corrected chi connectivity index (χ4v) is 5.70. The third-order valence-corrected chi connectivity index (χ3v) is 7.02. The Morgan fingerprint density at radius 1 is 1.23 bits per heavy atom. The van der Waals surface area contributed by atoms with E-state index in [-0.39, 0.29) is 0 Å². The van der Waals surface area contributed by atoms with E-state index in [2.05, 4.69) is 28.4 Å². The van der Waals surface area contributed by atoms with Gasteiger partial charge in [-0.3, -0.25) is 0 Å². The Balaban J connectivity index is 1.43. The van der Waals surface area contributed by atoms with E-state index in [0.717, 1.165) is 52.9 Å². The number of thiophene rings is 1. The van der Waals surface area contributed by atoms with Crippen LogP contribution in [0.15, 0.2) is 24.5 Å². The smallest absolute Gasteiger partial charge is 0.227 e. The first kappa shape index (κ1) is 19.1. The third kappa shape index (κ3) is 3.15. The van der Waals surface area contributed by atoms with E-state index in [4.69, 9.17) is 14.5 Å². The van der Waals surface area contributed by atoms with Gasteiger partial charge in [-0.15, -0.1) is 11.3 Å². The van der Waals surface area contributed by atoms with E-state index < -0.39 is 0 Å². The lowest BCUT2D eigenvalue weighted by Crippen LogP contribution is -2.11. The van der Waals surface area contributed by atoms with Crippen molar-refractivity contribution in [1.82, 2.24) is 19.6 Å². The second-order valence-electron chi connectivity index (χ2n) is 7.71. The zero-order valence-electron chi connectivity index (χ0n) is 17.4. The minimum absolute atomic E-state index is 0.550. The minimum atomic E-state index is 0.550. The van der Waals surface area contributed by atoms with Crippen molar-refractivity contribution >= 4 is 33.1 Å². The van der Waals surface area contributed by atoms with Crippen LogP contribution in [0.2, 0.25) is 0 Å². The van der Waals surface area contributed by atoms with Gasteiger partial charge in [0.25, 0.3) is 0 Å². The molecule has 0 radical (unpaired) electrons. The highest BCUT2D eigenvalue weighted by Gasteiger charge is 2.25. The van der Waals surface area contributed by atoms with Crippen LogP contribution in [0.3, 0.4) is 0 Å². The lowest BCUT2D eigenvalue weighted by atomic mass is 9.87. The molecule has 0 aliphatic heterocycles. The summed E-state index contributed by atoms with van der Waals surface area (Å²) in [6.45, 7) is 3.04. The normalized spacial score (nSPS) is 16.0. The summed E-state index contributed by atoms with van der Waals surface area (Å²) < 4.78 is 12.6. The summed E-state index contributed by atoms with van der Waals surface area (Å²) in [6.07, 6.45) is 6.07. The third-order valence-electron chi connectivity index (χ3n) is 5.86. The highest BCUT2D eigenvalue weighted by Crippen LogP contribution is 2.43. The Hall–Kier alpha value is -2.87. The van der Waals surface area contributed by atoms with Gasteiger partial charge in [-0.2, -0.15) is 9.61 Å². The molecule has 0 saturated carbocycles. The molecule has 0 amide bonds. The molecule has 1 aliphatic rings. The fourth-order valence-electron chi connectivity index (χ4n) is 4.37. The maximum atomic E-state index is 5.41. The molecule has 1 aromatic carbocycles. The van der Waals surface area contributed by atoms with Gasteiger partial charge in [0.05, 0.1) is 19.6 Å². The molecule has 8 heteroatoms. The van der Waals surface area contributed by atoms with Crippen molar-refractivity contribution in [2.45, 2.75) is 38.5 Å². The number of anilines is 1. The van der Waals surface area contributed by atoms with Crippen molar-refractivity contribution in [3.05, 3.63) is 40.5 Å². The molecule has 5 rings (SSSR count). The quantitative estimate of drug-likeness (QED) is 0.494. The topological polar surface area (TPSA) is 73.6 Å². The number of methoxy groups -OCH3 is 2. The molecule has 0 unspecified atom stereocenters. The van der Waals surface area contributed by atoms with Gasteiger partial charge in [0.2, 0.25) is 5.95 Å². The van der Waals surface area contributed by atoms with Crippen LogP contribution in [0, 0.1) is 0 Å². The number of fused-ring (bicyclic) bond motifs is 5. The summed E-state index contributed by atoms with van der Waals surface area (Å²) in [5.74, 6) is 2.77. The second-order valence-corrected chi connectivity index (χ2v) is 8.79. The predicted octanol–water partition coefficient (Wildman–Crippen LogP) is 4.45. The summed E-state index contributed by atoms with van der Waals surface area (Å²) >= 11 is 1.81. The molecule has 0 spiro atoms. The molecule has 3 heterocycles. The first-order valence-electron chi connectivity index (χ1n) is 10.3. The number of aromatic nitrogens is 4. The molecule has 1 N–H and O–H groups in total. The van der Waals surface area contributed by atoms with Crippen molar-refractivity contribution in [3.63, 3.8) is 0 Å². The Morgan fingerprint density at radius 2 is 2.10 bits per heavy atom. The summed E-state index contributed by atoms with van der Waals surface area (Å²) in [4.78, 5) is 12.0. The van der Waals surface area contributed by atoms with E-state index in [0.29, 0.717) is 5.92 Å². The molecular formula is C22H25N5O2S. The molecule has 0 fully saturated rings. The Kier molecular flexibility index (Phi) is 4.94. The standard InChI is InChI=1S/C22H25N5O2S/c1-13-5-4-6-17-18(13)19-20-24-12-25-27(20)22(26-21(19)30-17)23-10-9-14-7-8-15(28-2)16(11-14)29-3/h7-8,11-13H,4-6,9-10H2,1-3H3,(H,23,26)/t13-/m0/s1. The zero-order chi connectivity index (χ0) is 20.7. The maximum absolute atomic E-state index is 5.41. The maximum Gasteiger partial charge on any atom is 0.227 e. The second kappa shape index (κ2) is 7.75. The zero-order valence-corrected chi connectivity index (χ0v) is 18.3. The van der Waals surface area contributed by atoms with Crippen LogP contribution in [-0.2, 0) is 12.8 Å². The van der Waals surface area contributed by atoms with Crippen LogP contribution in [0.1, 0.15) is 41.7 Å². The molecule has 0 bridgehead atoms. The minimum Gasteiger partial charge on any atom is -0.493 e. The van der Waals surface area contributed by atoms with Gasteiger partial charge in [0, 0.05) is 11.4 Å². The molecular weight excluding hydrogens is 398 g/mol. The summed E-state index contributed by atoms with van der Waals surface area (Å²) in [5.41, 5.74) is 3.50. The van der Waals surface area contributed by atoms with E-state index >= 15 is 0 Å². The van der Waals surface area contributed by atoms with Crippen LogP contribution in [0.25, 0.3) is 15.9 Å². The summed E-state index contributed by atoms with van der Waals surface area (Å²) in [6, 6.07) is 6.00. The van der Waals surface area contributed by atoms with Crippen molar-refractivity contribution in [2.75, 3.05) is 26.1 Å². The Labute approximate surface area is 179 Å². The van der Waals surface area contributed by atoms with E-state index in [1.165, 1.54) is 28.7 Å². The van der Waals surface area contributed by atoms with Crippen LogP contribution in [0.4, 0.5) is 5.95 Å². The molecule has 4 aromatic rings. The van der Waals surface area contributed by atoms with Gasteiger partial charge in [-0.25, -0.2) is 9.97 Å². The SMILES string of the molecule is COc1ccc(CCNc2nc3sc4c(c3c3ncnn23)[C@@H](C)CCC4)cc1OC. The van der Waals surface area contributed by atoms with E-state index in [9.17, 15) is 0 Å². The summed E-state index contributed by atoms with van der Waals surface area (Å²) in [7, 11) is 3.30. The van der Waals surface area contributed by atoms with E-state index in [1.54, 1.807) is 20.5 Å². The van der Waals surface area contributed by atoms with Crippen LogP contribution < -0.4 is 14.8 Å². The average Bonchev–Trinajstić information content (AvgIpc) is 3.38.